The van der Waals surface area contributed by atoms with Gasteiger partial charge in [0.2, 0.25) is 5.91 Å². The molecule has 0 saturated heterocycles. The van der Waals surface area contributed by atoms with Crippen LogP contribution in [0.2, 0.25) is 0 Å². The largest absolute Gasteiger partial charge is 0.357 e. The predicted molar refractivity (Wildman–Crippen MR) is 111 cm³/mol. The Kier molecular flexibility index (Phi) is 5.20. The summed E-state index contributed by atoms with van der Waals surface area (Å²) < 4.78 is 3.67. The van der Waals surface area contributed by atoms with Gasteiger partial charge in [0, 0.05) is 18.2 Å². The molecule has 7 nitrogen and oxygen atoms in total. The second kappa shape index (κ2) is 8.10. The van der Waals surface area contributed by atoms with Crippen molar-refractivity contribution in [3.63, 3.8) is 0 Å². The lowest BCUT2D eigenvalue weighted by atomic mass is 10.0. The van der Waals surface area contributed by atoms with E-state index in [4.69, 9.17) is 0 Å². The Labute approximate surface area is 169 Å². The third kappa shape index (κ3) is 3.54. The van der Waals surface area contributed by atoms with E-state index in [0.29, 0.717) is 6.42 Å². The van der Waals surface area contributed by atoms with Crippen LogP contribution >= 0.6 is 0 Å². The van der Waals surface area contributed by atoms with E-state index < -0.39 is 0 Å². The molecule has 1 amide bonds. The van der Waals surface area contributed by atoms with Crippen LogP contribution in [0.5, 0.6) is 0 Å². The minimum atomic E-state index is -0.338. The molecule has 2 aromatic heterocycles. The van der Waals surface area contributed by atoms with Gasteiger partial charge in [-0.3, -0.25) is 4.79 Å². The van der Waals surface area contributed by atoms with E-state index in [1.165, 1.54) is 6.33 Å². The first-order valence-electron chi connectivity index (χ1n) is 9.52. The number of nitrogens with zero attached hydrogens (tertiary/aromatic N) is 5. The van der Waals surface area contributed by atoms with Gasteiger partial charge in [-0.25, -0.2) is 14.6 Å². The highest BCUT2D eigenvalue weighted by molar-refractivity contribution is 5.84. The minimum absolute atomic E-state index is 0.0370. The van der Waals surface area contributed by atoms with E-state index >= 15 is 0 Å². The molecule has 2 heterocycles. The lowest BCUT2D eigenvalue weighted by Crippen LogP contribution is -2.29. The molecule has 2 aromatic carbocycles. The maximum atomic E-state index is 12.5. The Hall–Kier alpha value is -3.74. The fraction of sp³-hybridized carbons (Fsp3) is 0.182. The molecular weight excluding hydrogens is 364 g/mol. The Morgan fingerprint density at radius 3 is 2.41 bits per heavy atom. The number of hydrogen-bond donors (Lipinski definition) is 1. The first-order chi connectivity index (χ1) is 14.2. The molecule has 0 unspecified atom stereocenters. The molecule has 29 heavy (non-hydrogen) atoms. The van der Waals surface area contributed by atoms with Crippen LogP contribution in [0.25, 0.3) is 28.2 Å². The van der Waals surface area contributed by atoms with Crippen LogP contribution in [-0.2, 0) is 4.79 Å². The highest BCUT2D eigenvalue weighted by Gasteiger charge is 2.24. The normalized spacial score (nSPS) is 11.9. The molecule has 0 spiro atoms. The summed E-state index contributed by atoms with van der Waals surface area (Å²) in [5, 5.41) is 6.94. The fourth-order valence-electron chi connectivity index (χ4n) is 3.48. The summed E-state index contributed by atoms with van der Waals surface area (Å²) in [5.74, 6) is -0.0370. The molecule has 0 aliphatic rings. The summed E-state index contributed by atoms with van der Waals surface area (Å²) in [4.78, 5) is 21.2. The monoisotopic (exact) mass is 386 g/mol. The average Bonchev–Trinajstić information content (AvgIpc) is 3.45. The number of amides is 1. The molecule has 7 heteroatoms. The Morgan fingerprint density at radius 2 is 1.79 bits per heavy atom. The fourth-order valence-corrected chi connectivity index (χ4v) is 3.48. The summed E-state index contributed by atoms with van der Waals surface area (Å²) >= 11 is 0. The smallest absolute Gasteiger partial charge is 0.242 e. The molecular formula is C22H22N6O. The summed E-state index contributed by atoms with van der Waals surface area (Å²) in [6, 6.07) is 17.7. The second-order valence-electron chi connectivity index (χ2n) is 6.64. The number of imidazole rings is 1. The molecule has 0 saturated carbocycles. The van der Waals surface area contributed by atoms with Gasteiger partial charge in [-0.15, -0.1) is 0 Å². The van der Waals surface area contributed by atoms with Gasteiger partial charge in [0.25, 0.3) is 0 Å². The summed E-state index contributed by atoms with van der Waals surface area (Å²) in [6.07, 6.45) is 5.58. The number of likely N-dealkylation sites (N-methyl/N-ethyl adjacent to an activating group) is 1. The molecule has 4 rings (SSSR count). The molecule has 0 bridgehead atoms. The average molecular weight is 386 g/mol. The predicted octanol–water partition coefficient (Wildman–Crippen LogP) is 3.49. The lowest BCUT2D eigenvalue weighted by Gasteiger charge is -2.19. The van der Waals surface area contributed by atoms with E-state index in [1.807, 2.05) is 66.1 Å². The lowest BCUT2D eigenvalue weighted by molar-refractivity contribution is -0.123. The van der Waals surface area contributed by atoms with Crippen molar-refractivity contribution in [3.8, 4) is 28.2 Å². The first kappa shape index (κ1) is 18.6. The first-order valence-corrected chi connectivity index (χ1v) is 9.52. The number of benzene rings is 2. The van der Waals surface area contributed by atoms with Gasteiger partial charge in [-0.2, -0.15) is 5.10 Å². The van der Waals surface area contributed by atoms with Gasteiger partial charge in [0.05, 0.1) is 23.4 Å². The highest BCUT2D eigenvalue weighted by Crippen LogP contribution is 2.34. The quantitative estimate of drug-likeness (QED) is 0.550. The molecule has 1 atom stereocenters. The topological polar surface area (TPSA) is 77.6 Å². The number of rotatable bonds is 6. The number of aromatic nitrogens is 5. The third-order valence-electron chi connectivity index (χ3n) is 4.94. The third-order valence-corrected chi connectivity index (χ3v) is 4.94. The van der Waals surface area contributed by atoms with Crippen molar-refractivity contribution in [2.75, 3.05) is 7.05 Å². The van der Waals surface area contributed by atoms with Crippen molar-refractivity contribution >= 4 is 5.91 Å². The van der Waals surface area contributed by atoms with Crippen molar-refractivity contribution in [2.45, 2.75) is 19.4 Å². The Balaban J connectivity index is 1.85. The molecule has 0 radical (unpaired) electrons. The summed E-state index contributed by atoms with van der Waals surface area (Å²) in [5.41, 5.74) is 4.66. The Bertz CT molecular complexity index is 1080. The molecule has 4 aromatic rings. The van der Waals surface area contributed by atoms with Gasteiger partial charge >= 0.3 is 0 Å². The van der Waals surface area contributed by atoms with Gasteiger partial charge in [-0.05, 0) is 18.6 Å². The van der Waals surface area contributed by atoms with Crippen molar-refractivity contribution in [1.82, 2.24) is 29.6 Å². The van der Waals surface area contributed by atoms with Crippen LogP contribution in [0, 0.1) is 0 Å². The second-order valence-corrected chi connectivity index (χ2v) is 6.64. The van der Waals surface area contributed by atoms with E-state index in [0.717, 1.165) is 28.2 Å². The molecule has 0 fully saturated rings. The number of carbonyl (C=O) groups excluding carboxylic acids is 1. The zero-order chi connectivity index (χ0) is 20.2. The molecule has 1 N–H and O–H groups in total. The van der Waals surface area contributed by atoms with Crippen LogP contribution in [0.15, 0.2) is 73.6 Å². The standard InChI is InChI=1S/C22H22N6O/c1-3-19(22(29)23-2)27-15-25-20(16-7-5-4-6-8-16)21(27)17-9-11-18(12-10-17)28-14-24-13-26-28/h4-15,19H,3H2,1-2H3,(H,23,29)/t19-/m1/s1. The highest BCUT2D eigenvalue weighted by atomic mass is 16.2. The number of nitrogens with one attached hydrogen (secondary N) is 1. The van der Waals surface area contributed by atoms with Gasteiger partial charge in [-0.1, -0.05) is 49.4 Å². The van der Waals surface area contributed by atoms with Gasteiger partial charge < -0.3 is 9.88 Å². The van der Waals surface area contributed by atoms with E-state index in [2.05, 4.69) is 20.4 Å². The molecule has 0 aliphatic heterocycles. The maximum Gasteiger partial charge on any atom is 0.242 e. The van der Waals surface area contributed by atoms with Crippen molar-refractivity contribution in [3.05, 3.63) is 73.6 Å². The zero-order valence-corrected chi connectivity index (χ0v) is 16.4. The van der Waals surface area contributed by atoms with Crippen molar-refractivity contribution in [1.29, 1.82) is 0 Å². The summed E-state index contributed by atoms with van der Waals surface area (Å²) in [6.45, 7) is 2.00. The van der Waals surface area contributed by atoms with Gasteiger partial charge in [0.1, 0.15) is 18.7 Å². The van der Waals surface area contributed by atoms with Crippen LogP contribution in [0.3, 0.4) is 0 Å². The van der Waals surface area contributed by atoms with Crippen LogP contribution in [0.1, 0.15) is 19.4 Å². The van der Waals surface area contributed by atoms with Gasteiger partial charge in [0.15, 0.2) is 0 Å². The maximum absolute atomic E-state index is 12.5. The number of hydrogen-bond acceptors (Lipinski definition) is 4. The Morgan fingerprint density at radius 1 is 1.03 bits per heavy atom. The van der Waals surface area contributed by atoms with Crippen LogP contribution in [-0.4, -0.2) is 37.3 Å². The summed E-state index contributed by atoms with van der Waals surface area (Å²) in [7, 11) is 1.66. The molecule has 146 valence electrons. The number of carbonyl (C=O) groups is 1. The zero-order valence-electron chi connectivity index (χ0n) is 16.4. The van der Waals surface area contributed by atoms with Crippen LogP contribution in [0.4, 0.5) is 0 Å². The van der Waals surface area contributed by atoms with E-state index in [-0.39, 0.29) is 11.9 Å². The SMILES string of the molecule is CC[C@H](C(=O)NC)n1cnc(-c2ccccc2)c1-c1ccc(-n2cncn2)cc1. The van der Waals surface area contributed by atoms with E-state index in [9.17, 15) is 4.79 Å². The van der Waals surface area contributed by atoms with Crippen LogP contribution < -0.4 is 5.32 Å². The molecule has 0 aliphatic carbocycles. The minimum Gasteiger partial charge on any atom is -0.357 e. The van der Waals surface area contributed by atoms with E-state index in [1.54, 1.807) is 24.4 Å². The van der Waals surface area contributed by atoms with Crippen molar-refractivity contribution < 1.29 is 4.79 Å². The van der Waals surface area contributed by atoms with Crippen molar-refractivity contribution in [2.24, 2.45) is 0 Å².